The molecule has 0 heterocycles. The van der Waals surface area contributed by atoms with Crippen molar-refractivity contribution in [3.8, 4) is 0 Å². The summed E-state index contributed by atoms with van der Waals surface area (Å²) in [6, 6.07) is 0. The molecule has 0 aromatic carbocycles. The van der Waals surface area contributed by atoms with Gasteiger partial charge >= 0.3 is 0 Å². The maximum Gasteiger partial charge on any atom is -0.0414 e. The number of rotatable bonds is 0. The Morgan fingerprint density at radius 3 is 0.941 bits per heavy atom. The topological polar surface area (TPSA) is 0 Å². The second kappa shape index (κ2) is 15.7. The van der Waals surface area contributed by atoms with Gasteiger partial charge in [-0.2, -0.15) is 0 Å². The Labute approximate surface area is 111 Å². The highest BCUT2D eigenvalue weighted by molar-refractivity contribution is 4.67. The van der Waals surface area contributed by atoms with Gasteiger partial charge in [-0.25, -0.2) is 0 Å². The average Bonchev–Trinajstić information content (AvgIpc) is 2.87. The monoisotopic (exact) mass is 237 g/mol. The lowest BCUT2D eigenvalue weighted by molar-refractivity contribution is 0.417. The van der Waals surface area contributed by atoms with Gasteiger partial charge in [-0.05, 0) is 11.8 Å². The molecule has 2 saturated carbocycles. The SMILES string of the molecule is C=C.[CH2]C.[CH2]C1CCCC1.[CH2]C1CCCCC1. The first-order valence-electron chi connectivity index (χ1n) is 7.16. The van der Waals surface area contributed by atoms with E-state index in [-0.39, 0.29) is 0 Å². The largest absolute Gasteiger partial charge is 0.106 e. The highest BCUT2D eigenvalue weighted by atomic mass is 14.1. The van der Waals surface area contributed by atoms with E-state index in [2.05, 4.69) is 33.9 Å². The molecule has 0 unspecified atom stereocenters. The molecule has 0 atom stereocenters. The Morgan fingerprint density at radius 1 is 0.588 bits per heavy atom. The molecule has 0 N–H and O–H groups in total. The van der Waals surface area contributed by atoms with Gasteiger partial charge in [-0.15, -0.1) is 13.2 Å². The summed E-state index contributed by atoms with van der Waals surface area (Å²) in [4.78, 5) is 0. The molecule has 0 saturated heterocycles. The predicted molar refractivity (Wildman–Crippen MR) is 81.5 cm³/mol. The van der Waals surface area contributed by atoms with Crippen LogP contribution in [0.2, 0.25) is 0 Å². The first kappa shape index (κ1) is 19.1. The zero-order valence-electron chi connectivity index (χ0n) is 12.1. The summed E-state index contributed by atoms with van der Waals surface area (Å²) < 4.78 is 0. The molecular formula is C17H33. The van der Waals surface area contributed by atoms with E-state index in [9.17, 15) is 0 Å². The van der Waals surface area contributed by atoms with Gasteiger partial charge in [-0.1, -0.05) is 85.5 Å². The normalized spacial score (nSPS) is 20.0. The third kappa shape index (κ3) is 13.7. The van der Waals surface area contributed by atoms with Crippen molar-refractivity contribution in [2.75, 3.05) is 0 Å². The first-order valence-corrected chi connectivity index (χ1v) is 7.16. The van der Waals surface area contributed by atoms with Crippen LogP contribution in [0.1, 0.15) is 64.7 Å². The molecule has 2 rings (SSSR count). The summed E-state index contributed by atoms with van der Waals surface area (Å²) >= 11 is 0. The molecule has 0 bridgehead atoms. The summed E-state index contributed by atoms with van der Waals surface area (Å²) in [6.45, 7) is 18.9. The maximum atomic E-state index is 4.00. The number of hydrogen-bond acceptors (Lipinski definition) is 0. The molecule has 0 spiro atoms. The van der Waals surface area contributed by atoms with E-state index in [1.54, 1.807) is 6.92 Å². The fraction of sp³-hybridized carbons (Fsp3) is 0.706. The highest BCUT2D eigenvalue weighted by Crippen LogP contribution is 2.22. The van der Waals surface area contributed by atoms with Crippen molar-refractivity contribution < 1.29 is 0 Å². The van der Waals surface area contributed by atoms with Gasteiger partial charge in [0.1, 0.15) is 0 Å². The second-order valence-corrected chi connectivity index (χ2v) is 4.65. The van der Waals surface area contributed by atoms with Crippen molar-refractivity contribution >= 4 is 0 Å². The van der Waals surface area contributed by atoms with E-state index < -0.39 is 0 Å². The minimum Gasteiger partial charge on any atom is -0.106 e. The Balaban J connectivity index is 0. The summed E-state index contributed by atoms with van der Waals surface area (Å²) in [5.41, 5.74) is 0. The molecule has 2 aliphatic carbocycles. The molecule has 0 amide bonds. The van der Waals surface area contributed by atoms with Gasteiger partial charge in [0, 0.05) is 0 Å². The summed E-state index contributed by atoms with van der Waals surface area (Å²) in [5, 5.41) is 0. The van der Waals surface area contributed by atoms with Crippen LogP contribution >= 0.6 is 0 Å². The van der Waals surface area contributed by atoms with E-state index in [0.717, 1.165) is 11.8 Å². The highest BCUT2D eigenvalue weighted by Gasteiger charge is 2.07. The maximum absolute atomic E-state index is 4.00. The lowest BCUT2D eigenvalue weighted by atomic mass is 9.91. The molecular weight excluding hydrogens is 204 g/mol. The van der Waals surface area contributed by atoms with Gasteiger partial charge in [0.15, 0.2) is 0 Å². The summed E-state index contributed by atoms with van der Waals surface area (Å²) in [7, 11) is 0. The average molecular weight is 237 g/mol. The zero-order chi connectivity index (χ0) is 13.5. The standard InChI is InChI=1S/C7H13.C6H11.C2H5.C2H4/c1-7-5-3-2-4-6-7;1-6-4-2-3-5-6;2*1-2/h7H,1-6H2;6H,1-5H2;1H2,2H3;1-2H2. The van der Waals surface area contributed by atoms with E-state index >= 15 is 0 Å². The summed E-state index contributed by atoms with van der Waals surface area (Å²) in [5.74, 6) is 1.58. The van der Waals surface area contributed by atoms with Gasteiger partial charge < -0.3 is 0 Å². The molecule has 2 fully saturated rings. The minimum absolute atomic E-state index is 0.786. The Hall–Kier alpha value is -0.260. The second-order valence-electron chi connectivity index (χ2n) is 4.65. The summed E-state index contributed by atoms with van der Waals surface area (Å²) in [6.07, 6.45) is 12.6. The van der Waals surface area contributed by atoms with Gasteiger partial charge in [-0.3, -0.25) is 0 Å². The molecule has 0 nitrogen and oxygen atoms in total. The van der Waals surface area contributed by atoms with Crippen LogP contribution in [0.25, 0.3) is 0 Å². The quantitative estimate of drug-likeness (QED) is 0.450. The van der Waals surface area contributed by atoms with E-state index in [4.69, 9.17) is 0 Å². The lowest BCUT2D eigenvalue weighted by Gasteiger charge is -2.15. The molecule has 0 aliphatic heterocycles. The van der Waals surface area contributed by atoms with Crippen molar-refractivity contribution in [1.29, 1.82) is 0 Å². The number of hydrogen-bond donors (Lipinski definition) is 0. The molecule has 0 heteroatoms. The van der Waals surface area contributed by atoms with Crippen LogP contribution in [0.4, 0.5) is 0 Å². The van der Waals surface area contributed by atoms with Crippen LogP contribution in [-0.2, 0) is 0 Å². The molecule has 101 valence electrons. The Bertz CT molecular complexity index is 116. The first-order chi connectivity index (χ1) is 8.29. The smallest absolute Gasteiger partial charge is 0.0414 e. The molecule has 0 aromatic heterocycles. The lowest BCUT2D eigenvalue weighted by Crippen LogP contribution is -2.00. The van der Waals surface area contributed by atoms with Crippen LogP contribution in [0, 0.1) is 32.6 Å². The van der Waals surface area contributed by atoms with Crippen LogP contribution in [0.3, 0.4) is 0 Å². The Kier molecular flexibility index (Phi) is 17.7. The van der Waals surface area contributed by atoms with Crippen molar-refractivity contribution in [3.05, 3.63) is 33.9 Å². The fourth-order valence-corrected chi connectivity index (χ4v) is 2.20. The van der Waals surface area contributed by atoms with Gasteiger partial charge in [0.25, 0.3) is 0 Å². The fourth-order valence-electron chi connectivity index (χ4n) is 2.20. The molecule has 3 radical (unpaired) electrons. The molecule has 17 heavy (non-hydrogen) atoms. The van der Waals surface area contributed by atoms with E-state index in [0.29, 0.717) is 0 Å². The minimum atomic E-state index is 0.786. The van der Waals surface area contributed by atoms with Gasteiger partial charge in [0.2, 0.25) is 0 Å². The van der Waals surface area contributed by atoms with Crippen LogP contribution in [-0.4, -0.2) is 0 Å². The van der Waals surface area contributed by atoms with Gasteiger partial charge in [0.05, 0.1) is 0 Å². The molecule has 0 aromatic rings. The van der Waals surface area contributed by atoms with Crippen molar-refractivity contribution in [2.24, 2.45) is 11.8 Å². The van der Waals surface area contributed by atoms with Crippen molar-refractivity contribution in [1.82, 2.24) is 0 Å². The van der Waals surface area contributed by atoms with Crippen molar-refractivity contribution in [2.45, 2.75) is 64.7 Å². The van der Waals surface area contributed by atoms with Crippen LogP contribution in [0.5, 0.6) is 0 Å². The zero-order valence-corrected chi connectivity index (χ0v) is 12.1. The van der Waals surface area contributed by atoms with Crippen LogP contribution < -0.4 is 0 Å². The van der Waals surface area contributed by atoms with Crippen LogP contribution in [0.15, 0.2) is 13.2 Å². The van der Waals surface area contributed by atoms with E-state index in [1.165, 1.54) is 57.8 Å². The van der Waals surface area contributed by atoms with E-state index in [1.807, 2.05) is 0 Å². The predicted octanol–water partition coefficient (Wildman–Crippen LogP) is 6.05. The third-order valence-electron chi connectivity index (χ3n) is 3.20. The Morgan fingerprint density at radius 2 is 0.824 bits per heavy atom. The van der Waals surface area contributed by atoms with Crippen molar-refractivity contribution in [3.63, 3.8) is 0 Å². The molecule has 2 aliphatic rings. The third-order valence-corrected chi connectivity index (χ3v) is 3.20.